The van der Waals surface area contributed by atoms with Gasteiger partial charge in [0, 0.05) is 39.6 Å². The predicted molar refractivity (Wildman–Crippen MR) is 85.0 cm³/mol. The van der Waals surface area contributed by atoms with Gasteiger partial charge in [-0.2, -0.15) is 20.8 Å². The van der Waals surface area contributed by atoms with Crippen molar-refractivity contribution in [3.8, 4) is 0 Å². The van der Waals surface area contributed by atoms with E-state index in [2.05, 4.69) is 85.4 Å². The molecular weight excluding hydrogens is 471 g/mol. The summed E-state index contributed by atoms with van der Waals surface area (Å²) in [5.41, 5.74) is 2.86. The number of rotatable bonds is 4. The minimum absolute atomic E-state index is 0. The summed E-state index contributed by atoms with van der Waals surface area (Å²) < 4.78 is 0. The normalized spacial score (nSPS) is 12.1. The molecule has 0 aromatic heterocycles. The van der Waals surface area contributed by atoms with Crippen molar-refractivity contribution in [2.24, 2.45) is 0 Å². The van der Waals surface area contributed by atoms with E-state index in [1.807, 2.05) is 0 Å². The maximum Gasteiger partial charge on any atom is 0 e. The quantitative estimate of drug-likeness (QED) is 0.422. The third-order valence-electron chi connectivity index (χ3n) is 4.48. The topological polar surface area (TPSA) is 0 Å². The smallest absolute Gasteiger partial charge is 0 e. The van der Waals surface area contributed by atoms with Crippen LogP contribution in [-0.2, 0) is 50.5 Å². The van der Waals surface area contributed by atoms with Crippen molar-refractivity contribution >= 4 is 12.6 Å². The Morgan fingerprint density at radius 2 is 1.10 bits per heavy atom. The Labute approximate surface area is 157 Å². The first-order valence-electron chi connectivity index (χ1n) is 6.54. The molecule has 0 aliphatic carbocycles. The minimum Gasteiger partial charge on any atom is -0.365 e. The van der Waals surface area contributed by atoms with Crippen molar-refractivity contribution in [2.45, 2.75) is 59.3 Å². The van der Waals surface area contributed by atoms with Crippen LogP contribution in [0.5, 0.6) is 0 Å². The number of hydrogen-bond acceptors (Lipinski definition) is 1. The minimum atomic E-state index is 0. The van der Waals surface area contributed by atoms with Crippen molar-refractivity contribution in [2.75, 3.05) is 0 Å². The van der Waals surface area contributed by atoms with Gasteiger partial charge in [-0.25, -0.2) is 0 Å². The van der Waals surface area contributed by atoms with Crippen molar-refractivity contribution in [1.82, 2.24) is 0 Å². The SMILES string of the molecule is C[C-](C)C(C)(C)c1ccc(C(C)(C)[C-](C)S)cc1.[V].[W]. The maximum absolute atomic E-state index is 4.52. The van der Waals surface area contributed by atoms with Crippen LogP contribution >= 0.6 is 12.6 Å². The summed E-state index contributed by atoms with van der Waals surface area (Å²) in [7, 11) is 0. The van der Waals surface area contributed by atoms with Gasteiger partial charge in [0.1, 0.15) is 0 Å². The number of hydrogen-bond donors (Lipinski definition) is 1. The van der Waals surface area contributed by atoms with Crippen LogP contribution < -0.4 is 0 Å². The average molecular weight is 497 g/mol. The van der Waals surface area contributed by atoms with E-state index in [1.165, 1.54) is 17.0 Å². The summed E-state index contributed by atoms with van der Waals surface area (Å²) in [4.78, 5) is 0. The second-order valence-corrected chi connectivity index (χ2v) is 7.08. The zero-order chi connectivity index (χ0) is 14.1. The second kappa shape index (κ2) is 8.47. The van der Waals surface area contributed by atoms with E-state index in [1.54, 1.807) is 0 Å². The molecule has 20 heavy (non-hydrogen) atoms. The van der Waals surface area contributed by atoms with Gasteiger partial charge in [-0.1, -0.05) is 63.1 Å². The molecular formula is C17H26SVW-2. The maximum atomic E-state index is 4.52. The van der Waals surface area contributed by atoms with Crippen LogP contribution in [0.25, 0.3) is 0 Å². The Morgan fingerprint density at radius 1 is 0.800 bits per heavy atom. The zero-order valence-electron chi connectivity index (χ0n) is 13.6. The Balaban J connectivity index is 0. The molecule has 0 aliphatic heterocycles. The molecule has 0 bridgehead atoms. The fourth-order valence-electron chi connectivity index (χ4n) is 1.80. The van der Waals surface area contributed by atoms with E-state index in [9.17, 15) is 0 Å². The molecule has 0 aliphatic rings. The molecule has 113 valence electrons. The fourth-order valence-corrected chi connectivity index (χ4v) is 1.93. The Hall–Kier alpha value is 0.843. The predicted octanol–water partition coefficient (Wildman–Crippen LogP) is 5.33. The Morgan fingerprint density at radius 3 is 1.35 bits per heavy atom. The standard InChI is InChI=1S/C17H26S.V.W/c1-12(2)16(4,5)14-8-10-15(11-9-14)17(6,7)13(3)18;;/h8-11,18H,1-7H3;;/q-2;;. The van der Waals surface area contributed by atoms with Crippen LogP contribution in [0.3, 0.4) is 0 Å². The van der Waals surface area contributed by atoms with Gasteiger partial charge >= 0.3 is 0 Å². The van der Waals surface area contributed by atoms with E-state index in [0.29, 0.717) is 0 Å². The fraction of sp³-hybridized carbons (Fsp3) is 0.529. The van der Waals surface area contributed by atoms with E-state index in [0.717, 1.165) is 5.25 Å². The molecule has 3 heteroatoms. The van der Waals surface area contributed by atoms with Crippen molar-refractivity contribution in [1.29, 1.82) is 0 Å². The second-order valence-electron chi connectivity index (χ2n) is 6.41. The van der Waals surface area contributed by atoms with Gasteiger partial charge in [-0.3, -0.25) is 5.25 Å². The van der Waals surface area contributed by atoms with Crippen LogP contribution in [-0.4, -0.2) is 0 Å². The summed E-state index contributed by atoms with van der Waals surface area (Å²) in [6.45, 7) is 15.5. The van der Waals surface area contributed by atoms with Gasteiger partial charge < -0.3 is 18.5 Å². The molecule has 0 spiro atoms. The molecule has 0 heterocycles. The Bertz CT molecular complexity index is 355. The van der Waals surface area contributed by atoms with Crippen LogP contribution in [0.4, 0.5) is 0 Å². The average Bonchev–Trinajstić information content (AvgIpc) is 2.28. The molecule has 0 fully saturated rings. The Kier molecular flexibility index (Phi) is 9.79. The molecule has 1 aromatic carbocycles. The largest absolute Gasteiger partial charge is 0.365 e. The number of thiol groups is 1. The van der Waals surface area contributed by atoms with Gasteiger partial charge in [-0.15, -0.1) is 10.8 Å². The molecule has 1 rings (SSSR count). The van der Waals surface area contributed by atoms with Crippen molar-refractivity contribution < 1.29 is 39.6 Å². The van der Waals surface area contributed by atoms with Gasteiger partial charge in [-0.05, 0) is 0 Å². The van der Waals surface area contributed by atoms with Crippen LogP contribution in [0.2, 0.25) is 0 Å². The van der Waals surface area contributed by atoms with Gasteiger partial charge in [0.15, 0.2) is 0 Å². The third kappa shape index (κ3) is 4.94. The summed E-state index contributed by atoms with van der Waals surface area (Å²) in [6.07, 6.45) is 0. The molecule has 1 aromatic rings. The molecule has 0 saturated carbocycles. The van der Waals surface area contributed by atoms with E-state index in [4.69, 9.17) is 0 Å². The summed E-state index contributed by atoms with van der Waals surface area (Å²) >= 11 is 4.52. The van der Waals surface area contributed by atoms with Gasteiger partial charge in [0.05, 0.1) is 0 Å². The molecule has 0 N–H and O–H groups in total. The van der Waals surface area contributed by atoms with Crippen LogP contribution in [0.1, 0.15) is 59.6 Å². The molecule has 0 amide bonds. The molecule has 0 nitrogen and oxygen atoms in total. The van der Waals surface area contributed by atoms with Crippen LogP contribution in [0, 0.1) is 11.2 Å². The molecule has 0 atom stereocenters. The number of benzene rings is 1. The third-order valence-corrected chi connectivity index (χ3v) is 5.04. The molecule has 0 saturated heterocycles. The van der Waals surface area contributed by atoms with E-state index in [-0.39, 0.29) is 50.5 Å². The first-order chi connectivity index (χ1) is 8.10. The van der Waals surface area contributed by atoms with Gasteiger partial charge in [0.2, 0.25) is 0 Å². The van der Waals surface area contributed by atoms with Crippen LogP contribution in [0.15, 0.2) is 24.3 Å². The van der Waals surface area contributed by atoms with Crippen molar-refractivity contribution in [3.63, 3.8) is 0 Å². The van der Waals surface area contributed by atoms with Gasteiger partial charge in [0.25, 0.3) is 0 Å². The van der Waals surface area contributed by atoms with Crippen molar-refractivity contribution in [3.05, 3.63) is 46.6 Å². The molecule has 1 radical (unpaired) electrons. The summed E-state index contributed by atoms with van der Waals surface area (Å²) in [5, 5.41) is 1.15. The summed E-state index contributed by atoms with van der Waals surface area (Å²) in [6, 6.07) is 8.97. The van der Waals surface area contributed by atoms with E-state index >= 15 is 0 Å². The molecule has 0 unspecified atom stereocenters. The zero-order valence-corrected chi connectivity index (χ0v) is 18.8. The van der Waals surface area contributed by atoms with E-state index < -0.39 is 0 Å². The first kappa shape index (κ1) is 23.1. The summed E-state index contributed by atoms with van der Waals surface area (Å²) in [5.74, 6) is 1.44. The first-order valence-corrected chi connectivity index (χ1v) is 6.99. The monoisotopic (exact) mass is 497 g/mol.